The van der Waals surface area contributed by atoms with Gasteiger partial charge in [-0.2, -0.15) is 0 Å². The van der Waals surface area contributed by atoms with Crippen molar-refractivity contribution in [2.45, 2.75) is 64.3 Å². The lowest BCUT2D eigenvalue weighted by molar-refractivity contribution is -0.118. The third-order valence-electron chi connectivity index (χ3n) is 5.37. The fourth-order valence-electron chi connectivity index (χ4n) is 3.63. The van der Waals surface area contributed by atoms with Gasteiger partial charge >= 0.3 is 0 Å². The molecule has 1 aliphatic heterocycles. The molecule has 116 valence electrons. The lowest BCUT2D eigenvalue weighted by atomic mass is 9.64. The van der Waals surface area contributed by atoms with Crippen LogP contribution in [-0.4, -0.2) is 62.0 Å². The molecule has 0 unspecified atom stereocenters. The van der Waals surface area contributed by atoms with Crippen molar-refractivity contribution in [3.8, 4) is 0 Å². The molecule has 0 aromatic carbocycles. The minimum Gasteiger partial charge on any atom is -0.378 e. The van der Waals surface area contributed by atoms with E-state index in [1.807, 2.05) is 0 Å². The summed E-state index contributed by atoms with van der Waals surface area (Å²) < 4.78 is 11.7. The molecule has 2 saturated carbocycles. The largest absolute Gasteiger partial charge is 0.378 e. The molecule has 0 amide bonds. The van der Waals surface area contributed by atoms with Crippen LogP contribution in [0.15, 0.2) is 0 Å². The number of rotatable bonds is 6. The molecular weight excluding hydrogens is 252 g/mol. The van der Waals surface area contributed by atoms with Gasteiger partial charge in [-0.25, -0.2) is 0 Å². The molecule has 3 fully saturated rings. The van der Waals surface area contributed by atoms with E-state index in [-0.39, 0.29) is 5.41 Å². The van der Waals surface area contributed by atoms with Gasteiger partial charge in [-0.05, 0) is 26.2 Å². The Morgan fingerprint density at radius 1 is 1.35 bits per heavy atom. The Bertz CT molecular complexity index is 330. The SMILES string of the molecule is CCO[C@@H]1C[C@H](NC[C@H]2CN(C3CC3)CCO2)C1(C)C. The summed E-state index contributed by atoms with van der Waals surface area (Å²) in [5, 5.41) is 3.72. The minimum absolute atomic E-state index is 0.251. The molecule has 3 rings (SSSR count). The highest BCUT2D eigenvalue weighted by Crippen LogP contribution is 2.42. The topological polar surface area (TPSA) is 33.7 Å². The Morgan fingerprint density at radius 2 is 2.15 bits per heavy atom. The minimum atomic E-state index is 0.251. The summed E-state index contributed by atoms with van der Waals surface area (Å²) >= 11 is 0. The van der Waals surface area contributed by atoms with E-state index < -0.39 is 0 Å². The molecule has 4 heteroatoms. The van der Waals surface area contributed by atoms with E-state index in [0.717, 1.165) is 45.3 Å². The monoisotopic (exact) mass is 282 g/mol. The first-order valence-electron chi connectivity index (χ1n) is 8.32. The van der Waals surface area contributed by atoms with Gasteiger partial charge in [-0.15, -0.1) is 0 Å². The van der Waals surface area contributed by atoms with Gasteiger partial charge in [-0.1, -0.05) is 13.8 Å². The standard InChI is InChI=1S/C16H30N2O2/c1-4-19-15-9-14(16(15,2)3)17-10-13-11-18(7-8-20-13)12-5-6-12/h12-15,17H,4-11H2,1-3H3/t13-,14-,15+/m0/s1. The van der Waals surface area contributed by atoms with Crippen molar-refractivity contribution in [2.75, 3.05) is 32.8 Å². The van der Waals surface area contributed by atoms with Crippen molar-refractivity contribution in [3.63, 3.8) is 0 Å². The van der Waals surface area contributed by atoms with Gasteiger partial charge in [0.2, 0.25) is 0 Å². The fourth-order valence-corrected chi connectivity index (χ4v) is 3.63. The van der Waals surface area contributed by atoms with Gasteiger partial charge < -0.3 is 14.8 Å². The zero-order valence-corrected chi connectivity index (χ0v) is 13.2. The number of nitrogens with one attached hydrogen (secondary N) is 1. The zero-order valence-electron chi connectivity index (χ0n) is 13.2. The van der Waals surface area contributed by atoms with Crippen molar-refractivity contribution in [1.82, 2.24) is 10.2 Å². The molecule has 0 radical (unpaired) electrons. The molecule has 0 spiro atoms. The molecular formula is C16H30N2O2. The van der Waals surface area contributed by atoms with E-state index in [2.05, 4.69) is 31.0 Å². The smallest absolute Gasteiger partial charge is 0.0826 e. The lowest BCUT2D eigenvalue weighted by Crippen LogP contribution is -2.62. The summed E-state index contributed by atoms with van der Waals surface area (Å²) in [5.41, 5.74) is 0.251. The molecule has 2 aliphatic carbocycles. The van der Waals surface area contributed by atoms with Crippen LogP contribution in [0.2, 0.25) is 0 Å². The van der Waals surface area contributed by atoms with Gasteiger partial charge in [0.1, 0.15) is 0 Å². The van der Waals surface area contributed by atoms with Crippen LogP contribution in [0.4, 0.5) is 0 Å². The maximum absolute atomic E-state index is 5.91. The Balaban J connectivity index is 1.41. The van der Waals surface area contributed by atoms with Crippen molar-refractivity contribution in [1.29, 1.82) is 0 Å². The van der Waals surface area contributed by atoms with Crippen LogP contribution in [-0.2, 0) is 9.47 Å². The normalized spacial score (nSPS) is 37.6. The van der Waals surface area contributed by atoms with Crippen molar-refractivity contribution in [2.24, 2.45) is 5.41 Å². The molecule has 0 aromatic rings. The van der Waals surface area contributed by atoms with Gasteiger partial charge in [0.25, 0.3) is 0 Å². The molecule has 1 heterocycles. The van der Waals surface area contributed by atoms with E-state index in [1.54, 1.807) is 0 Å². The van der Waals surface area contributed by atoms with Crippen LogP contribution >= 0.6 is 0 Å². The van der Waals surface area contributed by atoms with E-state index >= 15 is 0 Å². The number of nitrogens with zero attached hydrogens (tertiary/aromatic N) is 1. The molecule has 1 saturated heterocycles. The Kier molecular flexibility index (Phi) is 4.37. The molecule has 4 nitrogen and oxygen atoms in total. The number of ether oxygens (including phenoxy) is 2. The van der Waals surface area contributed by atoms with Crippen LogP contribution in [0, 0.1) is 5.41 Å². The second-order valence-electron chi connectivity index (χ2n) is 7.18. The quantitative estimate of drug-likeness (QED) is 0.803. The van der Waals surface area contributed by atoms with Gasteiger partial charge in [-0.3, -0.25) is 4.90 Å². The van der Waals surface area contributed by atoms with Crippen molar-refractivity contribution >= 4 is 0 Å². The van der Waals surface area contributed by atoms with Crippen molar-refractivity contribution in [3.05, 3.63) is 0 Å². The van der Waals surface area contributed by atoms with Crippen LogP contribution in [0.3, 0.4) is 0 Å². The molecule has 3 aliphatic rings. The van der Waals surface area contributed by atoms with Crippen LogP contribution in [0.5, 0.6) is 0 Å². The second-order valence-corrected chi connectivity index (χ2v) is 7.18. The summed E-state index contributed by atoms with van der Waals surface area (Å²) in [6, 6.07) is 1.43. The molecule has 0 aromatic heterocycles. The first-order chi connectivity index (χ1) is 9.61. The third-order valence-corrected chi connectivity index (χ3v) is 5.37. The zero-order chi connectivity index (χ0) is 14.2. The number of hydrogen-bond donors (Lipinski definition) is 1. The van der Waals surface area contributed by atoms with Gasteiger partial charge in [0.05, 0.1) is 18.8 Å². The Hall–Kier alpha value is -0.160. The molecule has 1 N–H and O–H groups in total. The van der Waals surface area contributed by atoms with E-state index in [9.17, 15) is 0 Å². The van der Waals surface area contributed by atoms with Gasteiger partial charge in [0, 0.05) is 43.7 Å². The Morgan fingerprint density at radius 3 is 2.80 bits per heavy atom. The predicted molar refractivity (Wildman–Crippen MR) is 79.9 cm³/mol. The Labute approximate surface area is 123 Å². The molecule has 3 atom stereocenters. The first-order valence-corrected chi connectivity index (χ1v) is 8.32. The first kappa shape index (κ1) is 14.8. The second kappa shape index (κ2) is 5.91. The maximum Gasteiger partial charge on any atom is 0.0826 e. The van der Waals surface area contributed by atoms with Crippen LogP contribution in [0.1, 0.15) is 40.0 Å². The van der Waals surface area contributed by atoms with Crippen LogP contribution in [0.25, 0.3) is 0 Å². The summed E-state index contributed by atoms with van der Waals surface area (Å²) in [4.78, 5) is 2.62. The highest BCUT2D eigenvalue weighted by molar-refractivity contribution is 5.03. The highest BCUT2D eigenvalue weighted by Gasteiger charge is 2.48. The number of hydrogen-bond acceptors (Lipinski definition) is 4. The van der Waals surface area contributed by atoms with E-state index in [4.69, 9.17) is 9.47 Å². The molecule has 0 bridgehead atoms. The van der Waals surface area contributed by atoms with Gasteiger partial charge in [0.15, 0.2) is 0 Å². The summed E-state index contributed by atoms with van der Waals surface area (Å²) in [6.45, 7) is 11.7. The summed E-state index contributed by atoms with van der Waals surface area (Å²) in [7, 11) is 0. The summed E-state index contributed by atoms with van der Waals surface area (Å²) in [5.74, 6) is 0. The number of morpholine rings is 1. The van der Waals surface area contributed by atoms with E-state index in [0.29, 0.717) is 18.2 Å². The third kappa shape index (κ3) is 3.03. The fraction of sp³-hybridized carbons (Fsp3) is 1.00. The predicted octanol–water partition coefficient (Wildman–Crippen LogP) is 1.64. The van der Waals surface area contributed by atoms with Crippen molar-refractivity contribution < 1.29 is 9.47 Å². The average molecular weight is 282 g/mol. The maximum atomic E-state index is 5.91. The molecule has 20 heavy (non-hydrogen) atoms. The van der Waals surface area contributed by atoms with Crippen LogP contribution < -0.4 is 5.32 Å². The average Bonchev–Trinajstić information content (AvgIpc) is 3.27. The lowest BCUT2D eigenvalue weighted by Gasteiger charge is -2.52. The highest BCUT2D eigenvalue weighted by atomic mass is 16.5. The van der Waals surface area contributed by atoms with E-state index in [1.165, 1.54) is 12.8 Å². The summed E-state index contributed by atoms with van der Waals surface area (Å²) in [6.07, 6.45) is 4.71.